The van der Waals surface area contributed by atoms with E-state index in [2.05, 4.69) is 251 Å². The molecule has 0 unspecified atom stereocenters. The number of aromatic nitrogens is 4. The van der Waals surface area contributed by atoms with E-state index in [1.54, 1.807) is 6.26 Å². The molecule has 0 aliphatic carbocycles. The Labute approximate surface area is 519 Å². The predicted octanol–water partition coefficient (Wildman–Crippen LogP) is 19.7. The number of hydrogen-bond donors (Lipinski definition) is 0. The number of fused-ring (bicyclic) bond motifs is 5. The molecule has 10 aromatic carbocycles. The Morgan fingerprint density at radius 1 is 0.541 bits per heavy atom. The Morgan fingerprint density at radius 2 is 1.22 bits per heavy atom. The summed E-state index contributed by atoms with van der Waals surface area (Å²) in [4.78, 5) is 4.94. The molecule has 4 aromatic heterocycles. The average Bonchev–Trinajstić information content (AvgIpc) is 1.55. The molecule has 0 aliphatic rings. The molecular formula is C79H64N4OPt-2. The Bertz CT molecular complexity index is 5130. The summed E-state index contributed by atoms with van der Waals surface area (Å²) in [6.45, 7) is 17.5. The van der Waals surface area contributed by atoms with Gasteiger partial charge in [0, 0.05) is 44.2 Å². The number of para-hydroxylation sites is 4. The van der Waals surface area contributed by atoms with Crippen LogP contribution in [-0.4, -0.2) is 14.1 Å². The molecule has 4 heterocycles. The standard InChI is InChI=1S/C79H64N4O.Pt/c1-51-19-16-20-52(2)76(51)62-40-54(39-53-31-36-69-68-25-12-13-28-70(68)83(73(69)42-53)75-48-74-59(49-80-75)37-38-84-74)41-65(47-62)81-50-82(72-30-15-14-29-71(72)81)77-66(58-24-17-23-57(43-58)56-32-34-63(35-33-56)78(3,4)5)26-18-27-67(77)61-44-60(55-21-10-9-11-22-55)45-64(46-61)79(6,7)8;/h9-38,40,43-49H,39H2,1-8H3;/q-2;/i9D,10D,11D,21D,22D;. The normalized spacial score (nSPS) is 12.8. The van der Waals surface area contributed by atoms with E-state index in [9.17, 15) is 2.74 Å². The summed E-state index contributed by atoms with van der Waals surface area (Å²) in [7, 11) is 0. The van der Waals surface area contributed by atoms with Crippen LogP contribution >= 0.6 is 0 Å². The molecule has 0 amide bonds. The maximum atomic E-state index is 9.19. The predicted molar refractivity (Wildman–Crippen MR) is 347 cm³/mol. The van der Waals surface area contributed by atoms with Crippen LogP contribution in [-0.2, 0) is 38.3 Å². The molecule has 14 rings (SSSR count). The van der Waals surface area contributed by atoms with Gasteiger partial charge in [-0.2, -0.15) is 47.5 Å². The number of pyridine rings is 1. The number of aryl methyl sites for hydroxylation is 2. The van der Waals surface area contributed by atoms with Crippen molar-refractivity contribution in [1.29, 1.82) is 0 Å². The van der Waals surface area contributed by atoms with Crippen LogP contribution in [0.15, 0.2) is 235 Å². The van der Waals surface area contributed by atoms with Crippen LogP contribution in [0.5, 0.6) is 0 Å². The summed E-state index contributed by atoms with van der Waals surface area (Å²) in [5, 5.41) is 3.13. The van der Waals surface area contributed by atoms with Crippen molar-refractivity contribution in [2.24, 2.45) is 0 Å². The van der Waals surface area contributed by atoms with E-state index in [1.165, 1.54) is 5.56 Å². The molecule has 0 spiro atoms. The first kappa shape index (κ1) is 49.3. The molecule has 0 saturated heterocycles. The fourth-order valence-corrected chi connectivity index (χ4v) is 12.1. The molecule has 0 radical (unpaired) electrons. The number of nitrogens with zero attached hydrogens (tertiary/aromatic N) is 4. The second kappa shape index (κ2) is 21.8. The van der Waals surface area contributed by atoms with Gasteiger partial charge in [-0.25, -0.2) is 4.98 Å². The van der Waals surface area contributed by atoms with Gasteiger partial charge in [-0.15, -0.1) is 10.9 Å². The van der Waals surface area contributed by atoms with Crippen molar-refractivity contribution in [1.82, 2.24) is 14.1 Å². The van der Waals surface area contributed by atoms with Crippen molar-refractivity contribution in [3.05, 3.63) is 283 Å². The maximum Gasteiger partial charge on any atom is 0.268 e. The van der Waals surface area contributed by atoms with Crippen molar-refractivity contribution >= 4 is 43.8 Å². The van der Waals surface area contributed by atoms with Gasteiger partial charge in [-0.1, -0.05) is 211 Å². The monoisotopic (exact) mass is 1280 g/mol. The molecule has 0 bridgehead atoms. The van der Waals surface area contributed by atoms with E-state index >= 15 is 0 Å². The molecule has 5 nitrogen and oxygen atoms in total. The van der Waals surface area contributed by atoms with Gasteiger partial charge in [0.1, 0.15) is 11.4 Å². The van der Waals surface area contributed by atoms with Gasteiger partial charge in [0.15, 0.2) is 0 Å². The van der Waals surface area contributed by atoms with E-state index in [1.807, 2.05) is 30.5 Å². The minimum Gasteiger partial charge on any atom is -0.464 e. The SMILES string of the molecule is [2H]c1c([2H])c([2H])c(-c2cc(-c3cccc(-c4cccc(-c5ccc(C(C)(C)C)cc5)c4)c3-[n+]3[c-]n(-c4[c-]c(Cc5[c-]c6c(cc5)c5ccccc5n6-c5cc6occc6cn5)cc(-c5c(C)cccc5C)c4)c4ccccc43)cc(C(C)(C)C)c2)c([2H])c1[2H].[Pt]. The molecule has 14 aromatic rings. The first-order valence-electron chi connectivity index (χ1n) is 31.2. The number of furan rings is 1. The Morgan fingerprint density at radius 3 is 2.00 bits per heavy atom. The smallest absolute Gasteiger partial charge is 0.268 e. The van der Waals surface area contributed by atoms with Crippen LogP contribution in [0.3, 0.4) is 0 Å². The maximum absolute atomic E-state index is 9.19. The molecule has 85 heavy (non-hydrogen) atoms. The van der Waals surface area contributed by atoms with Gasteiger partial charge in [-0.05, 0) is 139 Å². The number of rotatable bonds is 10. The van der Waals surface area contributed by atoms with Gasteiger partial charge in [0.25, 0.3) is 6.33 Å². The molecule has 0 atom stereocenters. The van der Waals surface area contributed by atoms with Crippen LogP contribution in [0, 0.1) is 32.3 Å². The zero-order valence-electron chi connectivity index (χ0n) is 53.8. The second-order valence-electron chi connectivity index (χ2n) is 24.2. The average molecular weight is 1290 g/mol. The fourth-order valence-electron chi connectivity index (χ4n) is 12.1. The number of benzene rings is 10. The molecular weight excluding hydrogens is 1220 g/mol. The van der Waals surface area contributed by atoms with Crippen molar-refractivity contribution < 1.29 is 36.9 Å². The number of imidazole rings is 1. The molecule has 0 saturated carbocycles. The topological polar surface area (TPSA) is 39.8 Å². The van der Waals surface area contributed by atoms with Crippen LogP contribution in [0.25, 0.3) is 117 Å². The summed E-state index contributed by atoms with van der Waals surface area (Å²) < 4.78 is 56.7. The van der Waals surface area contributed by atoms with Crippen LogP contribution < -0.4 is 4.57 Å². The third-order valence-corrected chi connectivity index (χ3v) is 16.5. The molecule has 0 aliphatic heterocycles. The molecule has 0 fully saturated rings. The van der Waals surface area contributed by atoms with Gasteiger partial charge in [0.05, 0.1) is 29.8 Å². The van der Waals surface area contributed by atoms with E-state index < -0.39 is 11.5 Å². The zero-order chi connectivity index (χ0) is 61.8. The van der Waals surface area contributed by atoms with Gasteiger partial charge < -0.3 is 13.6 Å². The molecule has 418 valence electrons. The first-order chi connectivity index (χ1) is 42.8. The van der Waals surface area contributed by atoms with Crippen LogP contribution in [0.1, 0.15) is 81.8 Å². The summed E-state index contributed by atoms with van der Waals surface area (Å²) >= 11 is 0. The van der Waals surface area contributed by atoms with Crippen LogP contribution in [0.4, 0.5) is 0 Å². The summed E-state index contributed by atoms with van der Waals surface area (Å²) in [5.74, 6) is 0.751. The van der Waals surface area contributed by atoms with Crippen molar-refractivity contribution in [2.45, 2.75) is 72.6 Å². The van der Waals surface area contributed by atoms with E-state index in [0.717, 1.165) is 133 Å². The minimum absolute atomic E-state index is 0. The third-order valence-electron chi connectivity index (χ3n) is 16.5. The van der Waals surface area contributed by atoms with E-state index in [4.69, 9.17) is 13.5 Å². The molecule has 0 N–H and O–H groups in total. The van der Waals surface area contributed by atoms with Crippen molar-refractivity contribution in [3.63, 3.8) is 0 Å². The summed E-state index contributed by atoms with van der Waals surface area (Å²) in [5.41, 5.74) is 21.0. The van der Waals surface area contributed by atoms with Crippen LogP contribution in [0.2, 0.25) is 0 Å². The quantitative estimate of drug-likeness (QED) is 0.101. The Kier molecular flexibility index (Phi) is 12.6. The van der Waals surface area contributed by atoms with Gasteiger partial charge in [-0.3, -0.25) is 4.57 Å². The van der Waals surface area contributed by atoms with Gasteiger partial charge in [0.2, 0.25) is 0 Å². The summed E-state index contributed by atoms with van der Waals surface area (Å²) in [6, 6.07) is 72.3. The van der Waals surface area contributed by atoms with E-state index in [0.29, 0.717) is 12.0 Å². The second-order valence-corrected chi connectivity index (χ2v) is 24.2. The van der Waals surface area contributed by atoms with E-state index in [-0.39, 0.29) is 56.2 Å². The van der Waals surface area contributed by atoms with Crippen molar-refractivity contribution in [3.8, 4) is 72.8 Å². The summed E-state index contributed by atoms with van der Waals surface area (Å²) in [6.07, 6.45) is 8.04. The third kappa shape index (κ3) is 10.3. The number of hydrogen-bond acceptors (Lipinski definition) is 2. The largest absolute Gasteiger partial charge is 0.464 e. The minimum atomic E-state index is -0.428. The molecule has 6 heteroatoms. The van der Waals surface area contributed by atoms with Gasteiger partial charge >= 0.3 is 0 Å². The van der Waals surface area contributed by atoms with Crippen molar-refractivity contribution in [2.75, 3.05) is 0 Å². The first-order valence-corrected chi connectivity index (χ1v) is 28.7. The fraction of sp³-hybridized carbons (Fsp3) is 0.139. The zero-order valence-corrected chi connectivity index (χ0v) is 51.0. The Hall–Kier alpha value is -9.15. The Balaban J connectivity index is 0.00000743.